The smallest absolute Gasteiger partial charge is 0.254 e. The van der Waals surface area contributed by atoms with Crippen LogP contribution in [0.15, 0.2) is 6.20 Å². The molecular weight excluding hydrogens is 206 g/mol. The first kappa shape index (κ1) is 11.1. The molecule has 1 aliphatic rings. The number of amides is 1. The third kappa shape index (κ3) is 2.09. The highest BCUT2D eigenvalue weighted by molar-refractivity contribution is 5.95. The zero-order valence-electron chi connectivity index (χ0n) is 9.66. The molecule has 1 aliphatic carbocycles. The van der Waals surface area contributed by atoms with E-state index in [1.807, 2.05) is 6.92 Å². The molecule has 5 nitrogen and oxygen atoms in total. The first-order chi connectivity index (χ1) is 7.56. The zero-order valence-corrected chi connectivity index (χ0v) is 9.66. The number of nitrogens with zero attached hydrogens (tertiary/aromatic N) is 2. The normalized spacial score (nSPS) is 17.2. The van der Waals surface area contributed by atoms with Crippen molar-refractivity contribution < 1.29 is 9.90 Å². The van der Waals surface area contributed by atoms with Crippen LogP contribution in [-0.2, 0) is 7.05 Å². The molecule has 1 aromatic heterocycles. The number of hydrogen-bond acceptors (Lipinski definition) is 3. The van der Waals surface area contributed by atoms with E-state index in [1.54, 1.807) is 17.9 Å². The first-order valence-corrected chi connectivity index (χ1v) is 5.46. The van der Waals surface area contributed by atoms with Gasteiger partial charge in [-0.15, -0.1) is 0 Å². The van der Waals surface area contributed by atoms with Crippen molar-refractivity contribution in [1.82, 2.24) is 15.1 Å². The van der Waals surface area contributed by atoms with Crippen molar-refractivity contribution in [1.29, 1.82) is 0 Å². The van der Waals surface area contributed by atoms with Crippen molar-refractivity contribution in [2.24, 2.45) is 12.5 Å². The van der Waals surface area contributed by atoms with Crippen LogP contribution < -0.4 is 5.32 Å². The lowest BCUT2D eigenvalue weighted by atomic mass is 10.1. The van der Waals surface area contributed by atoms with Gasteiger partial charge in [0.25, 0.3) is 5.91 Å². The van der Waals surface area contributed by atoms with Gasteiger partial charge in [-0.2, -0.15) is 5.10 Å². The van der Waals surface area contributed by atoms with E-state index in [9.17, 15) is 4.79 Å². The Kier molecular flexibility index (Phi) is 2.71. The summed E-state index contributed by atoms with van der Waals surface area (Å²) >= 11 is 0. The van der Waals surface area contributed by atoms with Gasteiger partial charge in [0.2, 0.25) is 0 Å². The molecule has 16 heavy (non-hydrogen) atoms. The number of hydrogen-bond donors (Lipinski definition) is 2. The van der Waals surface area contributed by atoms with Crippen molar-refractivity contribution in [3.05, 3.63) is 17.5 Å². The van der Waals surface area contributed by atoms with Gasteiger partial charge < -0.3 is 10.4 Å². The second-order valence-electron chi connectivity index (χ2n) is 4.64. The lowest BCUT2D eigenvalue weighted by Gasteiger charge is -2.12. The number of carbonyl (C=O) groups excluding carboxylic acids is 1. The van der Waals surface area contributed by atoms with Crippen molar-refractivity contribution in [2.75, 3.05) is 13.2 Å². The molecule has 0 spiro atoms. The lowest BCUT2D eigenvalue weighted by molar-refractivity contribution is 0.0934. The van der Waals surface area contributed by atoms with Crippen LogP contribution in [0.2, 0.25) is 0 Å². The third-order valence-corrected chi connectivity index (χ3v) is 3.17. The molecule has 0 aromatic carbocycles. The van der Waals surface area contributed by atoms with Gasteiger partial charge in [-0.1, -0.05) is 0 Å². The van der Waals surface area contributed by atoms with Gasteiger partial charge in [-0.25, -0.2) is 0 Å². The van der Waals surface area contributed by atoms with E-state index >= 15 is 0 Å². The van der Waals surface area contributed by atoms with Crippen LogP contribution in [0.3, 0.4) is 0 Å². The highest BCUT2D eigenvalue weighted by Gasteiger charge is 2.42. The number of aliphatic hydroxyl groups excluding tert-OH is 1. The Morgan fingerprint density at radius 1 is 1.69 bits per heavy atom. The molecule has 0 atom stereocenters. The van der Waals surface area contributed by atoms with E-state index in [0.717, 1.165) is 18.5 Å². The monoisotopic (exact) mass is 223 g/mol. The SMILES string of the molecule is Cc1nn(C)cc1C(=O)NCC1(CO)CC1. The minimum Gasteiger partial charge on any atom is -0.396 e. The van der Waals surface area contributed by atoms with Crippen LogP contribution in [0, 0.1) is 12.3 Å². The van der Waals surface area contributed by atoms with Crippen molar-refractivity contribution in [2.45, 2.75) is 19.8 Å². The summed E-state index contributed by atoms with van der Waals surface area (Å²) in [5.41, 5.74) is 1.29. The average molecular weight is 223 g/mol. The summed E-state index contributed by atoms with van der Waals surface area (Å²) in [5, 5.41) is 16.1. The maximum Gasteiger partial charge on any atom is 0.254 e. The lowest BCUT2D eigenvalue weighted by Crippen LogP contribution is -2.32. The summed E-state index contributed by atoms with van der Waals surface area (Å²) in [6.45, 7) is 2.52. The maximum atomic E-state index is 11.8. The van der Waals surface area contributed by atoms with Crippen LogP contribution in [-0.4, -0.2) is 33.9 Å². The van der Waals surface area contributed by atoms with Crippen LogP contribution in [0.4, 0.5) is 0 Å². The van der Waals surface area contributed by atoms with E-state index in [-0.39, 0.29) is 17.9 Å². The van der Waals surface area contributed by atoms with Crippen LogP contribution in [0.25, 0.3) is 0 Å². The molecule has 1 fully saturated rings. The number of aryl methyl sites for hydroxylation is 2. The molecule has 1 aromatic rings. The predicted molar refractivity (Wildman–Crippen MR) is 59.0 cm³/mol. The molecule has 0 bridgehead atoms. The van der Waals surface area contributed by atoms with Gasteiger partial charge in [0.05, 0.1) is 17.9 Å². The first-order valence-electron chi connectivity index (χ1n) is 5.46. The fraction of sp³-hybridized carbons (Fsp3) is 0.636. The molecule has 2 N–H and O–H groups in total. The molecule has 0 aliphatic heterocycles. The summed E-state index contributed by atoms with van der Waals surface area (Å²) in [6.07, 6.45) is 3.70. The van der Waals surface area contributed by atoms with Gasteiger partial charge in [0.1, 0.15) is 0 Å². The Morgan fingerprint density at radius 2 is 2.38 bits per heavy atom. The predicted octanol–water partition coefficient (Wildman–Crippen LogP) is 0.231. The summed E-state index contributed by atoms with van der Waals surface area (Å²) in [5.74, 6) is -0.106. The van der Waals surface area contributed by atoms with E-state index in [1.165, 1.54) is 0 Å². The zero-order chi connectivity index (χ0) is 11.8. The number of rotatable bonds is 4. The summed E-state index contributed by atoms with van der Waals surface area (Å²) in [7, 11) is 1.79. The quantitative estimate of drug-likeness (QED) is 0.768. The minimum atomic E-state index is -0.106. The van der Waals surface area contributed by atoms with Gasteiger partial charge >= 0.3 is 0 Å². The van der Waals surface area contributed by atoms with Gasteiger partial charge in [0.15, 0.2) is 0 Å². The van der Waals surface area contributed by atoms with Crippen LogP contribution in [0.5, 0.6) is 0 Å². The fourth-order valence-electron chi connectivity index (χ4n) is 1.75. The molecule has 0 saturated heterocycles. The summed E-state index contributed by atoms with van der Waals surface area (Å²) in [4.78, 5) is 11.8. The molecule has 88 valence electrons. The van der Waals surface area contributed by atoms with Gasteiger partial charge in [0, 0.05) is 25.2 Å². The number of carbonyl (C=O) groups is 1. The standard InChI is InChI=1S/C11H17N3O2/c1-8-9(5-14(2)13-8)10(16)12-6-11(7-15)3-4-11/h5,15H,3-4,6-7H2,1-2H3,(H,12,16). The van der Waals surface area contributed by atoms with E-state index < -0.39 is 0 Å². The van der Waals surface area contributed by atoms with Crippen molar-refractivity contribution >= 4 is 5.91 Å². The molecule has 0 unspecified atom stereocenters. The summed E-state index contributed by atoms with van der Waals surface area (Å²) in [6, 6.07) is 0. The van der Waals surface area contributed by atoms with E-state index in [4.69, 9.17) is 5.11 Å². The highest BCUT2D eigenvalue weighted by atomic mass is 16.3. The fourth-order valence-corrected chi connectivity index (χ4v) is 1.75. The Hall–Kier alpha value is -1.36. The number of aromatic nitrogens is 2. The topological polar surface area (TPSA) is 67.2 Å². The van der Waals surface area contributed by atoms with Gasteiger partial charge in [-0.05, 0) is 19.8 Å². The van der Waals surface area contributed by atoms with Crippen LogP contribution in [0.1, 0.15) is 28.9 Å². The van der Waals surface area contributed by atoms with Crippen LogP contribution >= 0.6 is 0 Å². The molecule has 0 radical (unpaired) electrons. The largest absolute Gasteiger partial charge is 0.396 e. The highest BCUT2D eigenvalue weighted by Crippen LogP contribution is 2.44. The number of aliphatic hydroxyl groups is 1. The Bertz CT molecular complexity index is 407. The molecular formula is C11H17N3O2. The Balaban J connectivity index is 1.96. The van der Waals surface area contributed by atoms with Crippen molar-refractivity contribution in [3.8, 4) is 0 Å². The molecule has 1 heterocycles. The van der Waals surface area contributed by atoms with Gasteiger partial charge in [-0.3, -0.25) is 9.48 Å². The summed E-state index contributed by atoms with van der Waals surface area (Å²) < 4.78 is 1.63. The Morgan fingerprint density at radius 3 is 2.81 bits per heavy atom. The number of nitrogens with one attached hydrogen (secondary N) is 1. The minimum absolute atomic E-state index is 0.0498. The van der Waals surface area contributed by atoms with E-state index in [0.29, 0.717) is 12.1 Å². The second-order valence-corrected chi connectivity index (χ2v) is 4.64. The second kappa shape index (κ2) is 3.90. The molecule has 1 saturated carbocycles. The molecule has 5 heteroatoms. The maximum absolute atomic E-state index is 11.8. The van der Waals surface area contributed by atoms with Crippen molar-refractivity contribution in [3.63, 3.8) is 0 Å². The van der Waals surface area contributed by atoms with E-state index in [2.05, 4.69) is 10.4 Å². The third-order valence-electron chi connectivity index (χ3n) is 3.17. The Labute approximate surface area is 94.5 Å². The average Bonchev–Trinajstić information content (AvgIpc) is 2.96. The molecule has 1 amide bonds. The molecule has 2 rings (SSSR count).